The first kappa shape index (κ1) is 38.2. The molecule has 0 aliphatic rings. The Morgan fingerprint density at radius 1 is 0.246 bits per heavy atom. The van der Waals surface area contributed by atoms with Crippen LogP contribution in [-0.2, 0) is 0 Å². The van der Waals surface area contributed by atoms with E-state index >= 15 is 0 Å². The van der Waals surface area contributed by atoms with Crippen LogP contribution in [0.2, 0.25) is 0 Å². The molecule has 13 rings (SSSR count). The molecule has 0 radical (unpaired) electrons. The summed E-state index contributed by atoms with van der Waals surface area (Å²) in [5.74, 6) is 0. The third-order valence-electron chi connectivity index (χ3n) is 12.5. The molecule has 5 aromatic heterocycles. The first-order chi connectivity index (χ1) is 32.1. The minimum atomic E-state index is 0.842. The van der Waals surface area contributed by atoms with Crippen LogP contribution in [0.25, 0.3) is 133 Å². The van der Waals surface area contributed by atoms with Crippen LogP contribution in [0, 0.1) is 0 Å². The number of benzene rings is 8. The number of furan rings is 3. The summed E-state index contributed by atoms with van der Waals surface area (Å²) >= 11 is 0. The van der Waals surface area contributed by atoms with Crippen LogP contribution in [0.5, 0.6) is 0 Å². The van der Waals surface area contributed by atoms with Crippen molar-refractivity contribution in [1.29, 1.82) is 0 Å². The van der Waals surface area contributed by atoms with Gasteiger partial charge in [0.15, 0.2) is 0 Å². The van der Waals surface area contributed by atoms with Crippen molar-refractivity contribution in [3.63, 3.8) is 0 Å². The minimum absolute atomic E-state index is 0.842. The molecule has 0 amide bonds. The highest BCUT2D eigenvalue weighted by Crippen LogP contribution is 2.39. The molecule has 0 N–H and O–H groups in total. The van der Waals surface area contributed by atoms with Gasteiger partial charge in [0.05, 0.1) is 0 Å². The van der Waals surface area contributed by atoms with E-state index in [1.807, 2.05) is 44.4 Å². The van der Waals surface area contributed by atoms with Crippen molar-refractivity contribution in [2.24, 2.45) is 0 Å². The first-order valence-electron chi connectivity index (χ1n) is 22.1. The van der Waals surface area contributed by atoms with Crippen molar-refractivity contribution >= 4 is 65.8 Å². The Balaban J connectivity index is 0.00000219. The zero-order chi connectivity index (χ0) is 43.4. The predicted octanol–water partition coefficient (Wildman–Crippen LogP) is 17.2. The molecule has 5 heteroatoms. The number of hydrogen-bond acceptors (Lipinski definition) is 5. The summed E-state index contributed by atoms with van der Waals surface area (Å²) in [6, 6.07) is 64.8. The smallest absolute Gasteiger partial charge is 0.138 e. The summed E-state index contributed by atoms with van der Waals surface area (Å²) in [4.78, 5) is 8.67. The Morgan fingerprint density at radius 2 is 0.477 bits per heavy atom. The lowest BCUT2D eigenvalue weighted by atomic mass is 9.93. The van der Waals surface area contributed by atoms with Gasteiger partial charge in [-0.1, -0.05) is 111 Å². The van der Waals surface area contributed by atoms with Gasteiger partial charge in [0, 0.05) is 57.1 Å². The number of pyridine rings is 2. The fraction of sp³-hybridized carbons (Fsp3) is 0.0333. The third kappa shape index (κ3) is 6.73. The van der Waals surface area contributed by atoms with E-state index in [1.54, 1.807) is 12.4 Å². The lowest BCUT2D eigenvalue weighted by molar-refractivity contribution is 0.668. The summed E-state index contributed by atoms with van der Waals surface area (Å²) < 4.78 is 18.5. The molecule has 13 aromatic rings. The molecule has 0 bridgehead atoms. The fourth-order valence-electron chi connectivity index (χ4n) is 9.25. The monoisotopic (exact) mass is 836 g/mol. The van der Waals surface area contributed by atoms with E-state index < -0.39 is 0 Å². The molecule has 0 atom stereocenters. The van der Waals surface area contributed by atoms with Gasteiger partial charge < -0.3 is 13.3 Å². The third-order valence-corrected chi connectivity index (χ3v) is 12.5. The van der Waals surface area contributed by atoms with E-state index in [4.69, 9.17) is 13.3 Å². The average Bonchev–Trinajstić information content (AvgIpc) is 4.07. The topological polar surface area (TPSA) is 65.2 Å². The summed E-state index contributed by atoms with van der Waals surface area (Å²) in [7, 11) is 0. The summed E-state index contributed by atoms with van der Waals surface area (Å²) in [5, 5.41) is 6.35. The lowest BCUT2D eigenvalue weighted by Gasteiger charge is -2.11. The maximum absolute atomic E-state index is 6.36. The molecule has 0 aliphatic heterocycles. The molecule has 0 aliphatic carbocycles. The Kier molecular flexibility index (Phi) is 9.20. The van der Waals surface area contributed by atoms with E-state index in [-0.39, 0.29) is 0 Å². The highest BCUT2D eigenvalue weighted by Gasteiger charge is 2.15. The van der Waals surface area contributed by atoms with Gasteiger partial charge in [0.1, 0.15) is 33.5 Å². The summed E-state index contributed by atoms with van der Waals surface area (Å²) in [6.45, 7) is 4.00. The number of hydrogen-bond donors (Lipinski definition) is 0. The maximum Gasteiger partial charge on any atom is 0.138 e. The number of aromatic nitrogens is 2. The highest BCUT2D eigenvalue weighted by molar-refractivity contribution is 6.10. The first-order valence-corrected chi connectivity index (χ1v) is 22.1. The largest absolute Gasteiger partial charge is 0.456 e. The van der Waals surface area contributed by atoms with Crippen LogP contribution < -0.4 is 0 Å². The van der Waals surface area contributed by atoms with Crippen LogP contribution in [0.3, 0.4) is 0 Å². The second-order valence-electron chi connectivity index (χ2n) is 16.2. The molecule has 0 saturated carbocycles. The van der Waals surface area contributed by atoms with Gasteiger partial charge in [-0.25, -0.2) is 0 Å². The van der Waals surface area contributed by atoms with Crippen LogP contribution in [0.4, 0.5) is 0 Å². The SMILES string of the molecule is CC.c1cc(-c2cccc(-c3cccc(-c4ccc5oc6ccc(-c7ccc8oc9ccncc9c8c7)cc6c5c4)c3)c2)cc(-c2cccc(-c3ccc4oc5ccncc5c4c3)c2)c1. The molecule has 0 fully saturated rings. The lowest BCUT2D eigenvalue weighted by Crippen LogP contribution is -1.85. The Morgan fingerprint density at radius 3 is 0.754 bits per heavy atom. The number of nitrogens with zero attached hydrogens (tertiary/aromatic N) is 2. The molecular weight excluding hydrogens is 797 g/mol. The molecule has 5 heterocycles. The molecule has 0 spiro atoms. The highest BCUT2D eigenvalue weighted by atomic mass is 16.3. The molecular formula is C60H40N2O3. The summed E-state index contributed by atoms with van der Waals surface area (Å²) in [6.07, 6.45) is 7.28. The average molecular weight is 837 g/mol. The molecule has 0 saturated heterocycles. The maximum atomic E-state index is 6.36. The van der Waals surface area contributed by atoms with Gasteiger partial charge >= 0.3 is 0 Å². The van der Waals surface area contributed by atoms with Crippen LogP contribution in [0.15, 0.2) is 220 Å². The number of rotatable bonds is 6. The summed E-state index contributed by atoms with van der Waals surface area (Å²) in [5.41, 5.74) is 19.0. The van der Waals surface area contributed by atoms with E-state index in [1.165, 1.54) is 16.7 Å². The van der Waals surface area contributed by atoms with Gasteiger partial charge in [0.2, 0.25) is 0 Å². The van der Waals surface area contributed by atoms with Crippen LogP contribution in [-0.4, -0.2) is 9.97 Å². The van der Waals surface area contributed by atoms with E-state index in [0.717, 1.165) is 116 Å². The zero-order valence-corrected chi connectivity index (χ0v) is 35.7. The molecule has 8 aromatic carbocycles. The van der Waals surface area contributed by atoms with Gasteiger partial charge in [0.25, 0.3) is 0 Å². The van der Waals surface area contributed by atoms with Crippen LogP contribution >= 0.6 is 0 Å². The van der Waals surface area contributed by atoms with Crippen molar-refractivity contribution in [3.8, 4) is 66.8 Å². The molecule has 5 nitrogen and oxygen atoms in total. The van der Waals surface area contributed by atoms with Gasteiger partial charge in [-0.15, -0.1) is 0 Å². The zero-order valence-electron chi connectivity index (χ0n) is 35.7. The minimum Gasteiger partial charge on any atom is -0.456 e. The normalized spacial score (nSPS) is 11.5. The van der Waals surface area contributed by atoms with E-state index in [9.17, 15) is 0 Å². The number of fused-ring (bicyclic) bond motifs is 9. The van der Waals surface area contributed by atoms with Crippen molar-refractivity contribution in [2.45, 2.75) is 13.8 Å². The van der Waals surface area contributed by atoms with Crippen molar-refractivity contribution in [3.05, 3.63) is 207 Å². The fourth-order valence-corrected chi connectivity index (χ4v) is 9.25. The van der Waals surface area contributed by atoms with Crippen molar-refractivity contribution in [2.75, 3.05) is 0 Å². The molecule has 65 heavy (non-hydrogen) atoms. The Bertz CT molecular complexity index is 3940. The van der Waals surface area contributed by atoms with Gasteiger partial charge in [-0.2, -0.15) is 0 Å². The van der Waals surface area contributed by atoms with Crippen LogP contribution in [0.1, 0.15) is 13.8 Å². The Labute approximate surface area is 374 Å². The molecule has 0 unspecified atom stereocenters. The van der Waals surface area contributed by atoms with Gasteiger partial charge in [-0.05, 0) is 152 Å². The quantitative estimate of drug-likeness (QED) is 0.167. The van der Waals surface area contributed by atoms with E-state index in [2.05, 4.69) is 174 Å². The van der Waals surface area contributed by atoms with Gasteiger partial charge in [-0.3, -0.25) is 9.97 Å². The standard InChI is InChI=1S/C58H34N2O3.C2H6/c1-5-35(36-6-2-8-38(26-36)40-10-4-12-42(28-40)44-14-19-55-49(31-44)51-33-59-23-21-57(51)62-55)25-37(7-1)39-9-3-11-41(27-39)43-13-17-53-47(29-43)48-30-45(15-18-54(48)61-53)46-16-20-56-50(32-46)52-34-60-24-22-58(52)63-56;1-2/h1-34H;1-2H3. The Hall–Kier alpha value is -8.54. The predicted molar refractivity (Wildman–Crippen MR) is 268 cm³/mol. The molecule has 308 valence electrons. The second kappa shape index (κ2) is 15.7. The van der Waals surface area contributed by atoms with E-state index in [0.29, 0.717) is 0 Å². The second-order valence-corrected chi connectivity index (χ2v) is 16.2. The van der Waals surface area contributed by atoms with Crippen molar-refractivity contribution < 1.29 is 13.3 Å². The van der Waals surface area contributed by atoms with Crippen molar-refractivity contribution in [1.82, 2.24) is 9.97 Å².